The second-order valence-electron chi connectivity index (χ2n) is 9.85. The average molecular weight is 535 g/mol. The maximum Gasteiger partial charge on any atom is 0.153 e. The normalized spacial score (nSPS) is 12.1. The van der Waals surface area contributed by atoms with Crippen molar-refractivity contribution >= 4 is 77.8 Å². The van der Waals surface area contributed by atoms with Crippen molar-refractivity contribution in [3.63, 3.8) is 0 Å². The van der Waals surface area contributed by atoms with Gasteiger partial charge in [0.05, 0.1) is 0 Å². The van der Waals surface area contributed by atoms with E-state index >= 15 is 0 Å². The number of furan rings is 3. The van der Waals surface area contributed by atoms with Crippen LogP contribution in [-0.2, 0) is 0 Å². The Hall–Kier alpha value is -5.07. The van der Waals surface area contributed by atoms with Crippen molar-refractivity contribution < 1.29 is 13.3 Å². The van der Waals surface area contributed by atoms with E-state index in [1.165, 1.54) is 0 Å². The van der Waals surface area contributed by atoms with Gasteiger partial charge < -0.3 is 13.3 Å². The number of benzene rings is 4. The summed E-state index contributed by atoms with van der Waals surface area (Å²) in [5, 5.41) is 4.22. The smallest absolute Gasteiger partial charge is 0.153 e. The summed E-state index contributed by atoms with van der Waals surface area (Å²) in [7, 11) is 0. The largest absolute Gasteiger partial charge is 0.456 e. The van der Waals surface area contributed by atoms with E-state index in [1.807, 2.05) is 36.4 Å². The molecule has 9 rings (SSSR count). The zero-order valence-corrected chi connectivity index (χ0v) is 21.7. The van der Waals surface area contributed by atoms with Gasteiger partial charge in [-0.25, -0.2) is 0 Å². The highest BCUT2D eigenvalue weighted by atomic mass is 32.2. The van der Waals surface area contributed by atoms with Crippen LogP contribution in [0.2, 0.25) is 0 Å². The Morgan fingerprint density at radius 3 is 1.50 bits per heavy atom. The van der Waals surface area contributed by atoms with Gasteiger partial charge in [-0.05, 0) is 96.1 Å². The molecule has 0 amide bonds. The molecule has 0 aliphatic carbocycles. The van der Waals surface area contributed by atoms with E-state index < -0.39 is 0 Å². The zero-order chi connectivity index (χ0) is 26.2. The van der Waals surface area contributed by atoms with Crippen LogP contribution in [0.4, 0.5) is 0 Å². The van der Waals surface area contributed by atoms with E-state index in [0.29, 0.717) is 0 Å². The maximum atomic E-state index is 6.20. The van der Waals surface area contributed by atoms with Crippen LogP contribution in [0.25, 0.3) is 77.2 Å². The molecule has 0 atom stereocenters. The van der Waals surface area contributed by atoms with Gasteiger partial charge in [0.15, 0.2) is 11.2 Å². The average Bonchev–Trinajstić information content (AvgIpc) is 3.67. The monoisotopic (exact) mass is 534 g/mol. The lowest BCUT2D eigenvalue weighted by Crippen LogP contribution is -1.79. The first-order valence-electron chi connectivity index (χ1n) is 13.0. The van der Waals surface area contributed by atoms with Crippen molar-refractivity contribution in [2.45, 2.75) is 9.79 Å². The first kappa shape index (κ1) is 21.8. The van der Waals surface area contributed by atoms with Crippen LogP contribution in [0.3, 0.4) is 0 Å². The van der Waals surface area contributed by atoms with Gasteiger partial charge in [-0.3, -0.25) is 9.97 Å². The molecule has 188 valence electrons. The minimum Gasteiger partial charge on any atom is -0.456 e. The maximum absolute atomic E-state index is 6.20. The van der Waals surface area contributed by atoms with Gasteiger partial charge in [0, 0.05) is 43.7 Å². The van der Waals surface area contributed by atoms with Gasteiger partial charge in [-0.1, -0.05) is 23.9 Å². The van der Waals surface area contributed by atoms with Gasteiger partial charge in [0.1, 0.15) is 33.4 Å². The Morgan fingerprint density at radius 2 is 0.875 bits per heavy atom. The molecule has 9 aromatic rings. The molecule has 40 heavy (non-hydrogen) atoms. The Balaban J connectivity index is 1.13. The molecule has 6 heteroatoms. The number of aromatic nitrogens is 2. The third-order valence-electron chi connectivity index (χ3n) is 7.43. The van der Waals surface area contributed by atoms with Crippen LogP contribution in [-0.4, -0.2) is 9.97 Å². The summed E-state index contributed by atoms with van der Waals surface area (Å²) in [6.07, 6.45) is 3.60. The van der Waals surface area contributed by atoms with Gasteiger partial charge in [-0.15, -0.1) is 0 Å². The van der Waals surface area contributed by atoms with Crippen molar-refractivity contribution in [2.75, 3.05) is 0 Å². The van der Waals surface area contributed by atoms with Gasteiger partial charge in [-0.2, -0.15) is 0 Å². The lowest BCUT2D eigenvalue weighted by molar-refractivity contribution is 0.667. The SMILES string of the molecule is c1cnc2c(c1)oc1ccc(Sc3ccc4oc5ccc(-c6ccc7oc8cccnc8c7c6)cc5c4c3)cc12. The molecule has 5 nitrogen and oxygen atoms in total. The van der Waals surface area contributed by atoms with E-state index in [9.17, 15) is 0 Å². The Kier molecular flexibility index (Phi) is 4.48. The number of rotatable bonds is 3. The van der Waals surface area contributed by atoms with Gasteiger partial charge >= 0.3 is 0 Å². The van der Waals surface area contributed by atoms with Crippen LogP contribution >= 0.6 is 11.8 Å². The molecule has 0 aliphatic rings. The lowest BCUT2D eigenvalue weighted by atomic mass is 10.0. The highest BCUT2D eigenvalue weighted by Gasteiger charge is 2.14. The summed E-state index contributed by atoms with van der Waals surface area (Å²) in [5.74, 6) is 0. The fourth-order valence-electron chi connectivity index (χ4n) is 5.55. The zero-order valence-electron chi connectivity index (χ0n) is 20.9. The molecule has 0 saturated carbocycles. The molecule has 4 aromatic carbocycles. The molecule has 0 bridgehead atoms. The molecule has 0 spiro atoms. The van der Waals surface area contributed by atoms with Crippen LogP contribution in [0.15, 0.2) is 132 Å². The van der Waals surface area contributed by atoms with Crippen molar-refractivity contribution in [2.24, 2.45) is 0 Å². The minimum atomic E-state index is 0.798. The molecular weight excluding hydrogens is 516 g/mol. The lowest BCUT2D eigenvalue weighted by Gasteiger charge is -2.03. The quantitative estimate of drug-likeness (QED) is 0.225. The summed E-state index contributed by atoms with van der Waals surface area (Å²) in [6, 6.07) is 33.0. The van der Waals surface area contributed by atoms with E-state index in [1.54, 1.807) is 24.2 Å². The predicted molar refractivity (Wildman–Crippen MR) is 160 cm³/mol. The van der Waals surface area contributed by atoms with Crippen LogP contribution in [0.5, 0.6) is 0 Å². The highest BCUT2D eigenvalue weighted by molar-refractivity contribution is 7.99. The van der Waals surface area contributed by atoms with Crippen molar-refractivity contribution in [1.29, 1.82) is 0 Å². The summed E-state index contributed by atoms with van der Waals surface area (Å²) in [5.41, 5.74) is 9.03. The molecule has 0 N–H and O–H groups in total. The standard InChI is InChI=1S/C34H18N2O3S/c1-3-31-33(35-13-1)25-16-20(6-10-29(25)38-31)19-5-9-27-23(15-19)24-17-21(7-11-28(24)37-27)40-22-8-12-30-26(18-22)34-32(39-30)4-2-14-36-34/h1-18H. The number of fused-ring (bicyclic) bond motifs is 9. The van der Waals surface area contributed by atoms with Crippen molar-refractivity contribution in [1.82, 2.24) is 9.97 Å². The number of hydrogen-bond donors (Lipinski definition) is 0. The van der Waals surface area contributed by atoms with E-state index in [0.717, 1.165) is 87.0 Å². The summed E-state index contributed by atoms with van der Waals surface area (Å²) in [4.78, 5) is 11.3. The predicted octanol–water partition coefficient (Wildman–Crippen LogP) is 9.99. The molecule has 0 aliphatic heterocycles. The van der Waals surface area contributed by atoms with Crippen LogP contribution in [0, 0.1) is 0 Å². The minimum absolute atomic E-state index is 0.798. The van der Waals surface area contributed by atoms with Gasteiger partial charge in [0.2, 0.25) is 0 Å². The molecular formula is C34H18N2O3S. The van der Waals surface area contributed by atoms with E-state index in [2.05, 4.69) is 70.6 Å². The Bertz CT molecular complexity index is 2430. The molecule has 0 unspecified atom stereocenters. The molecule has 0 fully saturated rings. The van der Waals surface area contributed by atoms with Crippen molar-refractivity contribution in [3.05, 3.63) is 109 Å². The number of pyridine rings is 2. The van der Waals surface area contributed by atoms with Crippen LogP contribution in [0.1, 0.15) is 0 Å². The van der Waals surface area contributed by atoms with Crippen molar-refractivity contribution in [3.8, 4) is 11.1 Å². The molecule has 0 radical (unpaired) electrons. The fourth-order valence-corrected chi connectivity index (χ4v) is 6.45. The van der Waals surface area contributed by atoms with E-state index in [-0.39, 0.29) is 0 Å². The second kappa shape index (κ2) is 8.21. The fraction of sp³-hybridized carbons (Fsp3) is 0. The number of hydrogen-bond acceptors (Lipinski definition) is 6. The summed E-state index contributed by atoms with van der Waals surface area (Å²) < 4.78 is 18.1. The van der Waals surface area contributed by atoms with Crippen LogP contribution < -0.4 is 0 Å². The van der Waals surface area contributed by atoms with Gasteiger partial charge in [0.25, 0.3) is 0 Å². The third kappa shape index (κ3) is 3.30. The Labute approximate surface area is 231 Å². The number of nitrogens with zero attached hydrogens (tertiary/aromatic N) is 2. The first-order chi connectivity index (χ1) is 19.8. The Morgan fingerprint density at radius 1 is 0.425 bits per heavy atom. The topological polar surface area (TPSA) is 65.2 Å². The molecule has 0 saturated heterocycles. The second-order valence-corrected chi connectivity index (χ2v) is 11.0. The van der Waals surface area contributed by atoms with E-state index in [4.69, 9.17) is 13.3 Å². The first-order valence-corrected chi connectivity index (χ1v) is 13.8. The summed E-state index contributed by atoms with van der Waals surface area (Å²) in [6.45, 7) is 0. The third-order valence-corrected chi connectivity index (χ3v) is 8.41. The summed E-state index contributed by atoms with van der Waals surface area (Å²) >= 11 is 1.72. The molecule has 5 heterocycles. The highest BCUT2D eigenvalue weighted by Crippen LogP contribution is 2.39. The molecule has 5 aromatic heterocycles.